The number of Topliss-reactive ketones (excluding diaryl/α,β-unsaturated/α-hetero) is 1. The molecule has 0 aromatic heterocycles. The molecule has 1 fully saturated rings. The number of nitrogens with one attached hydrogen (secondary N) is 4. The van der Waals surface area contributed by atoms with E-state index in [0.717, 1.165) is 40.8 Å². The number of amides is 8. The number of benzene rings is 3. The molecule has 1 heterocycles. The molecule has 464 valence electrons. The Morgan fingerprint density at radius 3 is 1.73 bits per heavy atom. The molecule has 0 saturated carbocycles. The maximum Gasteiger partial charge on any atom is 0.326 e. The zero-order valence-electron chi connectivity index (χ0n) is 48.8. The second-order valence-electron chi connectivity index (χ2n) is 21.6. The van der Waals surface area contributed by atoms with Gasteiger partial charge in [0.2, 0.25) is 29.5 Å². The third kappa shape index (κ3) is 28.0. The van der Waals surface area contributed by atoms with Gasteiger partial charge in [-0.05, 0) is 106 Å². The molecule has 0 aliphatic carbocycles. The van der Waals surface area contributed by atoms with Crippen molar-refractivity contribution in [3.63, 3.8) is 0 Å². The van der Waals surface area contributed by atoms with Crippen LogP contribution in [0.3, 0.4) is 0 Å². The van der Waals surface area contributed by atoms with Crippen LogP contribution in [0.1, 0.15) is 104 Å². The van der Waals surface area contributed by atoms with Crippen molar-refractivity contribution < 1.29 is 58.2 Å². The SMILES string of the molecule is CC(=O)[C@@H](CCC(=O)O)NC(=O)N[C@H](CCCCN(Cc1ccc(C)cc1)C(=O)c1ccc(CNC(=O)CCCCCC(=S)Nc2ccc(CC3CN(CC(N)=O)CCN(CC(N)=O)CCN(CC(N)=O)CCN3CC(N)=O)cc2)cc1)C(=O)O. The number of rotatable bonds is 34. The van der Waals surface area contributed by atoms with Gasteiger partial charge in [-0.3, -0.25) is 58.0 Å². The molecule has 1 aliphatic rings. The molecule has 25 nitrogen and oxygen atoms in total. The van der Waals surface area contributed by atoms with E-state index < -0.39 is 59.5 Å². The van der Waals surface area contributed by atoms with Crippen molar-refractivity contribution >= 4 is 82.1 Å². The van der Waals surface area contributed by atoms with Crippen molar-refractivity contribution in [3.05, 3.63) is 101 Å². The van der Waals surface area contributed by atoms with Crippen LogP contribution in [0.25, 0.3) is 0 Å². The van der Waals surface area contributed by atoms with E-state index in [-0.39, 0.29) is 76.4 Å². The van der Waals surface area contributed by atoms with Crippen LogP contribution in [-0.2, 0) is 57.9 Å². The minimum Gasteiger partial charge on any atom is -0.481 e. The number of carbonyl (C=O) groups excluding carboxylic acids is 8. The number of primary amides is 4. The summed E-state index contributed by atoms with van der Waals surface area (Å²) in [6, 6.07) is 18.8. The molecule has 8 amide bonds. The molecule has 3 atom stereocenters. The summed E-state index contributed by atoms with van der Waals surface area (Å²) in [6.45, 7) is 6.45. The molecule has 4 rings (SSSR count). The Bertz CT molecular complexity index is 2740. The first-order valence-electron chi connectivity index (χ1n) is 28.6. The number of ketones is 1. The van der Waals surface area contributed by atoms with Gasteiger partial charge in [-0.25, -0.2) is 9.59 Å². The summed E-state index contributed by atoms with van der Waals surface area (Å²) in [5.41, 5.74) is 27.5. The van der Waals surface area contributed by atoms with Crippen molar-refractivity contribution in [1.29, 1.82) is 0 Å². The maximum absolute atomic E-state index is 13.9. The fourth-order valence-electron chi connectivity index (χ4n) is 9.75. The summed E-state index contributed by atoms with van der Waals surface area (Å²) in [7, 11) is 0. The Morgan fingerprint density at radius 2 is 1.15 bits per heavy atom. The number of aliphatic carboxylic acids is 2. The highest BCUT2D eigenvalue weighted by atomic mass is 32.1. The number of carboxylic acid groups (broad SMARTS) is 2. The molecule has 1 aliphatic heterocycles. The van der Waals surface area contributed by atoms with E-state index >= 15 is 0 Å². The van der Waals surface area contributed by atoms with Crippen molar-refractivity contribution in [2.75, 3.05) is 83.9 Å². The molecule has 14 N–H and O–H groups in total. The number of thiocarbonyl (C=S) groups is 1. The number of carbonyl (C=O) groups is 10. The van der Waals surface area contributed by atoms with E-state index in [1.807, 2.05) is 75.1 Å². The number of nitrogens with zero attached hydrogens (tertiary/aromatic N) is 5. The third-order valence-corrected chi connectivity index (χ3v) is 14.7. The lowest BCUT2D eigenvalue weighted by Gasteiger charge is -2.38. The highest BCUT2D eigenvalue weighted by Gasteiger charge is 2.28. The number of aryl methyl sites for hydroxylation is 1. The summed E-state index contributed by atoms with van der Waals surface area (Å²) in [4.78, 5) is 133. The molecule has 0 spiro atoms. The number of unbranched alkanes of at least 4 members (excludes halogenated alkanes) is 3. The molecule has 1 saturated heterocycles. The molecule has 0 bridgehead atoms. The molecule has 85 heavy (non-hydrogen) atoms. The average Bonchev–Trinajstić information content (AvgIpc) is 3.62. The lowest BCUT2D eigenvalue weighted by molar-refractivity contribution is -0.139. The number of anilines is 1. The smallest absolute Gasteiger partial charge is 0.326 e. The number of hydrogen-bond acceptors (Lipinski definition) is 15. The lowest BCUT2D eigenvalue weighted by Crippen LogP contribution is -2.54. The normalized spacial score (nSPS) is 15.4. The van der Waals surface area contributed by atoms with Gasteiger partial charge in [0.05, 0.1) is 37.2 Å². The summed E-state index contributed by atoms with van der Waals surface area (Å²) in [5.74, 6) is -5.36. The van der Waals surface area contributed by atoms with Gasteiger partial charge in [-0.1, -0.05) is 72.7 Å². The topological polar surface area (TPSA) is 380 Å². The van der Waals surface area contributed by atoms with Gasteiger partial charge < -0.3 is 59.3 Å². The average molecular weight is 1200 g/mol. The Labute approximate surface area is 501 Å². The fourth-order valence-corrected chi connectivity index (χ4v) is 10.0. The fraction of sp³-hybridized carbons (Fsp3) is 0.508. The van der Waals surface area contributed by atoms with Crippen molar-refractivity contribution in [3.8, 4) is 0 Å². The minimum atomic E-state index is -1.30. The number of urea groups is 1. The Hall–Kier alpha value is -7.91. The van der Waals surface area contributed by atoms with Gasteiger partial charge in [-0.2, -0.15) is 0 Å². The van der Waals surface area contributed by atoms with Gasteiger partial charge in [0.15, 0.2) is 5.78 Å². The van der Waals surface area contributed by atoms with Gasteiger partial charge in [0.25, 0.3) is 5.91 Å². The molecule has 3 aromatic rings. The van der Waals surface area contributed by atoms with E-state index in [1.54, 1.807) is 29.2 Å². The van der Waals surface area contributed by atoms with Crippen LogP contribution in [-0.4, -0.2) is 196 Å². The van der Waals surface area contributed by atoms with Crippen LogP contribution < -0.4 is 44.2 Å². The second-order valence-corrected chi connectivity index (χ2v) is 22.1. The summed E-state index contributed by atoms with van der Waals surface area (Å²) >= 11 is 5.67. The van der Waals surface area contributed by atoms with Crippen LogP contribution in [0.5, 0.6) is 0 Å². The minimum absolute atomic E-state index is 0.0163. The number of carboxylic acids is 2. The zero-order valence-corrected chi connectivity index (χ0v) is 49.6. The van der Waals surface area contributed by atoms with Crippen LogP contribution in [0, 0.1) is 6.92 Å². The van der Waals surface area contributed by atoms with Crippen LogP contribution in [0.2, 0.25) is 0 Å². The summed E-state index contributed by atoms with van der Waals surface area (Å²) in [6.07, 6.45) is 3.81. The Kier molecular flexibility index (Phi) is 30.1. The first-order valence-corrected chi connectivity index (χ1v) is 29.0. The number of hydrogen-bond donors (Lipinski definition) is 10. The predicted octanol–water partition coefficient (Wildman–Crippen LogP) is 1.46. The molecular formula is C59H85N13O12S. The number of nitrogens with two attached hydrogens (primary N) is 4. The quantitative estimate of drug-likeness (QED) is 0.0299. The van der Waals surface area contributed by atoms with Crippen LogP contribution in [0.15, 0.2) is 72.8 Å². The van der Waals surface area contributed by atoms with Gasteiger partial charge >= 0.3 is 18.0 Å². The summed E-state index contributed by atoms with van der Waals surface area (Å²) in [5, 5.41) is 29.8. The third-order valence-electron chi connectivity index (χ3n) is 14.4. The first kappa shape index (κ1) is 69.6. The first-order chi connectivity index (χ1) is 40.4. The monoisotopic (exact) mass is 1200 g/mol. The molecule has 1 unspecified atom stereocenters. The Balaban J connectivity index is 1.25. The van der Waals surface area contributed by atoms with E-state index in [9.17, 15) is 53.1 Å². The molecule has 26 heteroatoms. The maximum atomic E-state index is 13.9. The van der Waals surface area contributed by atoms with Crippen molar-refractivity contribution in [2.45, 2.75) is 116 Å². The molecule has 0 radical (unpaired) electrons. The van der Waals surface area contributed by atoms with E-state index in [2.05, 4.69) is 21.3 Å². The second kappa shape index (κ2) is 36.7. The molecular weight excluding hydrogens is 1110 g/mol. The standard InChI is InChI=1S/C59H85N13O12S/c1-40-11-13-44(14-12-40)34-72(25-7-6-8-49(58(82)83)67-59(84)66-48(41(2)73)23-24-56(79)80)57(81)45-19-15-43(16-20-45)33-64-54(78)9-4-3-5-10-55(85)65-46-21-17-42(18-22-46)32-47-35-70(38-52(62)76)29-28-68(36-50(60)74)26-27-69(37-51(61)75)30-31-71(47)39-53(63)77/h11-22,47-49H,3-10,23-39H2,1-2H3,(H2,60,74)(H2,61,75)(H2,62,76)(H2,63,77)(H,64,78)(H,65,85)(H,79,80)(H,82,83)(H2,66,67,84)/t47?,48-,49-/m1/s1. The highest BCUT2D eigenvalue weighted by Crippen LogP contribution is 2.19. The highest BCUT2D eigenvalue weighted by molar-refractivity contribution is 7.80. The predicted molar refractivity (Wildman–Crippen MR) is 323 cm³/mol. The van der Waals surface area contributed by atoms with E-state index in [4.69, 9.17) is 40.3 Å². The van der Waals surface area contributed by atoms with Crippen LogP contribution in [0.4, 0.5) is 10.5 Å². The van der Waals surface area contributed by atoms with E-state index in [0.29, 0.717) is 101 Å². The largest absolute Gasteiger partial charge is 0.481 e. The van der Waals surface area contributed by atoms with Crippen molar-refractivity contribution in [2.24, 2.45) is 22.9 Å². The van der Waals surface area contributed by atoms with E-state index in [1.165, 1.54) is 6.92 Å². The van der Waals surface area contributed by atoms with Crippen LogP contribution >= 0.6 is 12.2 Å². The Morgan fingerprint density at radius 1 is 0.612 bits per heavy atom. The van der Waals surface area contributed by atoms with Crippen molar-refractivity contribution in [1.82, 2.24) is 40.4 Å². The zero-order chi connectivity index (χ0) is 62.4. The van der Waals surface area contributed by atoms with Gasteiger partial charge in [0.1, 0.15) is 6.04 Å². The van der Waals surface area contributed by atoms with Gasteiger partial charge in [-0.15, -0.1) is 0 Å². The molecule has 3 aromatic carbocycles. The van der Waals surface area contributed by atoms with Gasteiger partial charge in [0, 0.05) is 95.6 Å². The summed E-state index contributed by atoms with van der Waals surface area (Å²) < 4.78 is 0. The lowest BCUT2D eigenvalue weighted by atomic mass is 10.0.